The first-order valence-corrected chi connectivity index (χ1v) is 8.13. The summed E-state index contributed by atoms with van der Waals surface area (Å²) in [6.07, 6.45) is 0.0484. The molecule has 0 aliphatic rings. The maximum atomic E-state index is 10.7. The van der Waals surface area contributed by atoms with Crippen LogP contribution in [0.5, 0.6) is 0 Å². The fraction of sp³-hybridized carbons (Fsp3) is 0.0769. The summed E-state index contributed by atoms with van der Waals surface area (Å²) in [6, 6.07) is 7.42. The molecule has 102 valence electrons. The third-order valence-corrected chi connectivity index (χ3v) is 4.92. The van der Waals surface area contributed by atoms with Crippen LogP contribution in [-0.4, -0.2) is 16.1 Å². The Hall–Kier alpha value is -1.44. The molecule has 1 N–H and O–H groups in total. The van der Waals surface area contributed by atoms with Crippen molar-refractivity contribution < 1.29 is 14.3 Å². The molecule has 0 bridgehead atoms. The van der Waals surface area contributed by atoms with Crippen molar-refractivity contribution in [3.63, 3.8) is 0 Å². The first kappa shape index (κ1) is 13.5. The molecule has 7 heteroatoms. The Balaban J connectivity index is 1.86. The number of thiazole rings is 1. The molecule has 0 amide bonds. The molecule has 0 saturated carbocycles. The molecule has 0 saturated heterocycles. The van der Waals surface area contributed by atoms with Crippen LogP contribution in [0.1, 0.15) is 4.88 Å². The number of hydrogen-bond donors (Lipinski definition) is 1. The molecule has 3 aromatic rings. The van der Waals surface area contributed by atoms with E-state index in [2.05, 4.69) is 20.9 Å². The van der Waals surface area contributed by atoms with E-state index in [1.54, 1.807) is 0 Å². The lowest BCUT2D eigenvalue weighted by Crippen LogP contribution is -1.96. The van der Waals surface area contributed by atoms with Gasteiger partial charge in [-0.15, -0.1) is 22.7 Å². The van der Waals surface area contributed by atoms with Gasteiger partial charge in [-0.1, -0.05) is 0 Å². The second kappa shape index (κ2) is 5.51. The average molecular weight is 370 g/mol. The highest BCUT2D eigenvalue weighted by Gasteiger charge is 2.12. The summed E-state index contributed by atoms with van der Waals surface area (Å²) in [6.45, 7) is 0. The zero-order valence-electron chi connectivity index (χ0n) is 10.00. The number of carboxylic acids is 1. The first-order chi connectivity index (χ1) is 9.61. The zero-order valence-corrected chi connectivity index (χ0v) is 13.2. The summed E-state index contributed by atoms with van der Waals surface area (Å²) in [7, 11) is 0. The molecular weight excluding hydrogens is 362 g/mol. The van der Waals surface area contributed by atoms with Gasteiger partial charge in [-0.25, -0.2) is 4.98 Å². The monoisotopic (exact) mass is 369 g/mol. The summed E-state index contributed by atoms with van der Waals surface area (Å²) in [5.74, 6) is -0.103. The molecule has 0 aromatic carbocycles. The standard InChI is InChI=1S/C13H8BrNO3S2/c14-11-4-2-9(18-11)13-15-8(6-19-13)10-3-1-7(20-10)5-12(16)17/h1-4,6H,5H2,(H,16,17). The Morgan fingerprint density at radius 3 is 2.90 bits per heavy atom. The Bertz CT molecular complexity index is 759. The van der Waals surface area contributed by atoms with Gasteiger partial charge in [0.05, 0.1) is 17.0 Å². The molecule has 0 aliphatic heterocycles. The fourth-order valence-corrected chi connectivity index (χ4v) is 3.81. The third-order valence-electron chi connectivity index (χ3n) is 2.53. The number of carbonyl (C=O) groups is 1. The van der Waals surface area contributed by atoms with Crippen LogP contribution in [0.3, 0.4) is 0 Å². The van der Waals surface area contributed by atoms with Crippen LogP contribution in [-0.2, 0) is 11.2 Å². The number of aromatic nitrogens is 1. The number of rotatable bonds is 4. The van der Waals surface area contributed by atoms with Gasteiger partial charge in [-0.05, 0) is 40.2 Å². The lowest BCUT2D eigenvalue weighted by Gasteiger charge is -1.90. The number of aliphatic carboxylic acids is 1. The minimum atomic E-state index is -0.821. The van der Waals surface area contributed by atoms with Crippen molar-refractivity contribution in [3.8, 4) is 21.3 Å². The van der Waals surface area contributed by atoms with Gasteiger partial charge >= 0.3 is 5.97 Å². The van der Waals surface area contributed by atoms with Crippen molar-refractivity contribution in [1.29, 1.82) is 0 Å². The number of hydrogen-bond acceptors (Lipinski definition) is 5. The molecular formula is C13H8BrNO3S2. The summed E-state index contributed by atoms with van der Waals surface area (Å²) in [4.78, 5) is 17.0. The smallest absolute Gasteiger partial charge is 0.308 e. The van der Waals surface area contributed by atoms with Crippen LogP contribution < -0.4 is 0 Å². The van der Waals surface area contributed by atoms with Crippen LogP contribution in [0.25, 0.3) is 21.3 Å². The molecule has 3 aromatic heterocycles. The van der Waals surface area contributed by atoms with Gasteiger partial charge in [0.2, 0.25) is 0 Å². The normalized spacial score (nSPS) is 10.8. The summed E-state index contributed by atoms with van der Waals surface area (Å²) < 4.78 is 6.14. The molecule has 0 atom stereocenters. The van der Waals surface area contributed by atoms with Crippen molar-refractivity contribution in [3.05, 3.63) is 39.2 Å². The number of carboxylic acid groups (broad SMARTS) is 1. The summed E-state index contributed by atoms with van der Waals surface area (Å²) >= 11 is 6.21. The average Bonchev–Trinajstić information content (AvgIpc) is 3.06. The largest absolute Gasteiger partial charge is 0.481 e. The van der Waals surface area contributed by atoms with E-state index < -0.39 is 5.97 Å². The van der Waals surface area contributed by atoms with Crippen molar-refractivity contribution in [2.45, 2.75) is 6.42 Å². The van der Waals surface area contributed by atoms with E-state index in [-0.39, 0.29) is 6.42 Å². The third kappa shape index (κ3) is 2.84. The van der Waals surface area contributed by atoms with Gasteiger partial charge in [0.1, 0.15) is 0 Å². The number of halogens is 1. The molecule has 3 rings (SSSR count). The minimum absolute atomic E-state index is 0.0484. The Kier molecular flexibility index (Phi) is 3.73. The van der Waals surface area contributed by atoms with Crippen molar-refractivity contribution in [1.82, 2.24) is 4.98 Å². The van der Waals surface area contributed by atoms with Crippen LogP contribution in [0.2, 0.25) is 0 Å². The van der Waals surface area contributed by atoms with Gasteiger partial charge in [0.15, 0.2) is 15.4 Å². The summed E-state index contributed by atoms with van der Waals surface area (Å²) in [5, 5.41) is 11.5. The highest BCUT2D eigenvalue weighted by atomic mass is 79.9. The highest BCUT2D eigenvalue weighted by Crippen LogP contribution is 2.34. The number of nitrogens with zero attached hydrogens (tertiary/aromatic N) is 1. The second-order valence-electron chi connectivity index (χ2n) is 3.98. The maximum absolute atomic E-state index is 10.7. The quantitative estimate of drug-likeness (QED) is 0.733. The first-order valence-electron chi connectivity index (χ1n) is 5.64. The second-order valence-corrected chi connectivity index (χ2v) is 6.79. The van der Waals surface area contributed by atoms with E-state index in [0.29, 0.717) is 4.67 Å². The lowest BCUT2D eigenvalue weighted by atomic mass is 10.3. The topological polar surface area (TPSA) is 63.3 Å². The molecule has 0 unspecified atom stereocenters. The van der Waals surface area contributed by atoms with E-state index in [1.807, 2.05) is 29.6 Å². The van der Waals surface area contributed by atoms with Gasteiger partial charge in [0, 0.05) is 10.3 Å². The van der Waals surface area contributed by atoms with E-state index >= 15 is 0 Å². The van der Waals surface area contributed by atoms with Gasteiger partial charge in [-0.3, -0.25) is 4.79 Å². The van der Waals surface area contributed by atoms with Crippen molar-refractivity contribution >= 4 is 44.6 Å². The van der Waals surface area contributed by atoms with E-state index in [1.165, 1.54) is 22.7 Å². The molecule has 0 aliphatic carbocycles. The van der Waals surface area contributed by atoms with Crippen molar-refractivity contribution in [2.75, 3.05) is 0 Å². The van der Waals surface area contributed by atoms with Crippen LogP contribution in [0.4, 0.5) is 0 Å². The maximum Gasteiger partial charge on any atom is 0.308 e. The molecule has 0 radical (unpaired) electrons. The molecule has 0 spiro atoms. The fourth-order valence-electron chi connectivity index (χ4n) is 1.69. The molecule has 20 heavy (non-hydrogen) atoms. The summed E-state index contributed by atoms with van der Waals surface area (Å²) in [5.41, 5.74) is 0.846. The predicted molar refractivity (Wildman–Crippen MR) is 82.2 cm³/mol. The zero-order chi connectivity index (χ0) is 14.1. The lowest BCUT2D eigenvalue weighted by molar-refractivity contribution is -0.136. The Labute approximate surface area is 130 Å². The van der Waals surface area contributed by atoms with Crippen LogP contribution in [0.15, 0.2) is 38.7 Å². The number of thiophene rings is 1. The molecule has 4 nitrogen and oxygen atoms in total. The van der Waals surface area contributed by atoms with Crippen LogP contribution >= 0.6 is 38.6 Å². The van der Waals surface area contributed by atoms with Gasteiger partial charge < -0.3 is 9.52 Å². The minimum Gasteiger partial charge on any atom is -0.481 e. The predicted octanol–water partition coefficient (Wildman–Crippen LogP) is 4.52. The Morgan fingerprint density at radius 2 is 2.20 bits per heavy atom. The highest BCUT2D eigenvalue weighted by molar-refractivity contribution is 9.10. The van der Waals surface area contributed by atoms with Gasteiger partial charge in [-0.2, -0.15) is 0 Å². The molecule has 3 heterocycles. The van der Waals surface area contributed by atoms with Crippen molar-refractivity contribution in [2.24, 2.45) is 0 Å². The van der Waals surface area contributed by atoms with Gasteiger partial charge in [0.25, 0.3) is 0 Å². The number of furan rings is 1. The molecule has 0 fully saturated rings. The van der Waals surface area contributed by atoms with E-state index in [0.717, 1.165) is 26.2 Å². The van der Waals surface area contributed by atoms with E-state index in [9.17, 15) is 4.79 Å². The SMILES string of the molecule is O=C(O)Cc1ccc(-c2csc(-c3ccc(Br)o3)n2)s1. The Morgan fingerprint density at radius 1 is 1.35 bits per heavy atom. The van der Waals surface area contributed by atoms with Crippen LogP contribution in [0, 0.1) is 0 Å². The van der Waals surface area contributed by atoms with E-state index in [4.69, 9.17) is 9.52 Å².